The number of benzene rings is 2. The highest BCUT2D eigenvalue weighted by molar-refractivity contribution is 5.79. The smallest absolute Gasteiger partial charge is 0.231 e. The maximum Gasteiger partial charge on any atom is 0.231 e. The molecule has 2 N–H and O–H groups in total. The first-order valence-electron chi connectivity index (χ1n) is 11.7. The van der Waals surface area contributed by atoms with Crippen LogP contribution in [0.15, 0.2) is 48.5 Å². The number of hydrogen-bond donors (Lipinski definition) is 2. The van der Waals surface area contributed by atoms with Gasteiger partial charge in [-0.2, -0.15) is 0 Å². The topological polar surface area (TPSA) is 71.0 Å². The number of carbonyl (C=O) groups excluding carboxylic acids is 1. The van der Waals surface area contributed by atoms with E-state index in [1.54, 1.807) is 0 Å². The monoisotopic (exact) mass is 436 g/mol. The molecule has 6 heteroatoms. The lowest BCUT2D eigenvalue weighted by Crippen LogP contribution is -2.62. The zero-order valence-corrected chi connectivity index (χ0v) is 18.6. The van der Waals surface area contributed by atoms with Gasteiger partial charge in [-0.05, 0) is 49.4 Å². The molecular weight excluding hydrogens is 404 g/mol. The van der Waals surface area contributed by atoms with E-state index in [9.17, 15) is 9.90 Å². The molecule has 0 spiro atoms. The van der Waals surface area contributed by atoms with E-state index in [0.717, 1.165) is 54.9 Å². The van der Waals surface area contributed by atoms with E-state index in [2.05, 4.69) is 28.4 Å². The van der Waals surface area contributed by atoms with Gasteiger partial charge in [0.25, 0.3) is 0 Å². The van der Waals surface area contributed by atoms with Crippen molar-refractivity contribution in [3.05, 3.63) is 59.7 Å². The quantitative estimate of drug-likeness (QED) is 0.746. The van der Waals surface area contributed by atoms with E-state index in [0.29, 0.717) is 13.0 Å². The van der Waals surface area contributed by atoms with Gasteiger partial charge in [-0.3, -0.25) is 9.69 Å². The van der Waals surface area contributed by atoms with Crippen molar-refractivity contribution in [1.29, 1.82) is 0 Å². The fourth-order valence-corrected chi connectivity index (χ4v) is 5.41. The average Bonchev–Trinajstić information content (AvgIpc) is 3.48. The van der Waals surface area contributed by atoms with Crippen LogP contribution in [0.2, 0.25) is 0 Å². The van der Waals surface area contributed by atoms with Gasteiger partial charge in [0.05, 0.1) is 17.7 Å². The van der Waals surface area contributed by atoms with Crippen LogP contribution in [0.3, 0.4) is 0 Å². The second kappa shape index (κ2) is 8.75. The summed E-state index contributed by atoms with van der Waals surface area (Å²) in [4.78, 5) is 15.5. The van der Waals surface area contributed by atoms with Gasteiger partial charge in [0, 0.05) is 19.0 Å². The Bertz CT molecular complexity index is 956. The third-order valence-electron chi connectivity index (χ3n) is 7.27. The molecular formula is C26H32N2O4. The number of hydrogen-bond acceptors (Lipinski definition) is 5. The zero-order chi connectivity index (χ0) is 22.1. The van der Waals surface area contributed by atoms with Gasteiger partial charge < -0.3 is 19.9 Å². The SMILES string of the molecule is CC1(O)CCN(Cc2ccc3c(c2)OCO3)C(c2ccccc2)C1NC(=O)C1CCCC1. The second-order valence-corrected chi connectivity index (χ2v) is 9.59. The van der Waals surface area contributed by atoms with E-state index in [1.807, 2.05) is 37.3 Å². The van der Waals surface area contributed by atoms with Gasteiger partial charge in [-0.25, -0.2) is 0 Å². The second-order valence-electron chi connectivity index (χ2n) is 9.59. The van der Waals surface area contributed by atoms with Crippen LogP contribution in [0.5, 0.6) is 11.5 Å². The minimum absolute atomic E-state index is 0.0615. The molecule has 2 aromatic rings. The number of fused-ring (bicyclic) bond motifs is 1. The molecule has 2 aliphatic heterocycles. The lowest BCUT2D eigenvalue weighted by atomic mass is 9.79. The highest BCUT2D eigenvalue weighted by atomic mass is 16.7. The minimum Gasteiger partial charge on any atom is -0.454 e. The van der Waals surface area contributed by atoms with Crippen molar-refractivity contribution in [1.82, 2.24) is 10.2 Å². The molecule has 2 heterocycles. The lowest BCUT2D eigenvalue weighted by Gasteiger charge is -2.49. The van der Waals surface area contributed by atoms with Crippen LogP contribution in [-0.4, -0.2) is 40.9 Å². The fourth-order valence-electron chi connectivity index (χ4n) is 5.41. The maximum atomic E-state index is 13.1. The Hall–Kier alpha value is -2.57. The number of amides is 1. The number of aliphatic hydroxyl groups is 1. The summed E-state index contributed by atoms with van der Waals surface area (Å²) < 4.78 is 11.0. The molecule has 0 aromatic heterocycles. The standard InChI is InChI=1S/C26H32N2O4/c1-26(30)13-14-28(16-18-11-12-21-22(15-18)32-17-31-21)23(19-7-3-2-4-8-19)24(26)27-25(29)20-9-5-6-10-20/h2-4,7-8,11-12,15,20,23-24,30H,5-6,9-10,13-14,16-17H2,1H3,(H,27,29). The molecule has 0 bridgehead atoms. The predicted molar refractivity (Wildman–Crippen MR) is 121 cm³/mol. The molecule has 1 saturated heterocycles. The van der Waals surface area contributed by atoms with Gasteiger partial charge in [-0.1, -0.05) is 49.2 Å². The van der Waals surface area contributed by atoms with Crippen molar-refractivity contribution in [3.63, 3.8) is 0 Å². The Kier molecular flexibility index (Phi) is 5.82. The number of piperidine rings is 1. The van der Waals surface area contributed by atoms with Crippen molar-refractivity contribution >= 4 is 5.91 Å². The normalized spacial score (nSPS) is 28.1. The third kappa shape index (κ3) is 4.21. The summed E-state index contributed by atoms with van der Waals surface area (Å²) in [6, 6.07) is 15.8. The Morgan fingerprint density at radius 1 is 1.12 bits per heavy atom. The molecule has 1 saturated carbocycles. The van der Waals surface area contributed by atoms with Crippen LogP contribution in [-0.2, 0) is 11.3 Å². The summed E-state index contributed by atoms with van der Waals surface area (Å²) in [5.41, 5.74) is 1.24. The first-order valence-corrected chi connectivity index (χ1v) is 11.7. The van der Waals surface area contributed by atoms with Crippen molar-refractivity contribution in [2.24, 2.45) is 5.92 Å². The third-order valence-corrected chi connectivity index (χ3v) is 7.27. The Balaban J connectivity index is 1.45. The molecule has 1 amide bonds. The first-order chi connectivity index (χ1) is 15.5. The molecule has 3 atom stereocenters. The van der Waals surface area contributed by atoms with E-state index in [1.165, 1.54) is 0 Å². The Morgan fingerprint density at radius 3 is 2.66 bits per heavy atom. The summed E-state index contributed by atoms with van der Waals surface area (Å²) in [7, 11) is 0. The molecule has 5 rings (SSSR count). The largest absolute Gasteiger partial charge is 0.454 e. The molecule has 0 radical (unpaired) electrons. The van der Waals surface area contributed by atoms with Gasteiger partial charge in [0.15, 0.2) is 11.5 Å². The number of rotatable bonds is 5. The van der Waals surface area contributed by atoms with Crippen molar-refractivity contribution in [2.75, 3.05) is 13.3 Å². The summed E-state index contributed by atoms with van der Waals surface area (Å²) in [6.45, 7) is 3.55. The Morgan fingerprint density at radius 2 is 1.88 bits per heavy atom. The van der Waals surface area contributed by atoms with E-state index < -0.39 is 5.60 Å². The van der Waals surface area contributed by atoms with Gasteiger partial charge in [-0.15, -0.1) is 0 Å². The molecule has 3 unspecified atom stereocenters. The number of carbonyl (C=O) groups is 1. The van der Waals surface area contributed by atoms with Crippen LogP contribution in [0, 0.1) is 5.92 Å². The number of nitrogens with zero attached hydrogens (tertiary/aromatic N) is 1. The van der Waals surface area contributed by atoms with Crippen LogP contribution in [0.4, 0.5) is 0 Å². The van der Waals surface area contributed by atoms with Gasteiger partial charge in [0.1, 0.15) is 0 Å². The summed E-state index contributed by atoms with van der Waals surface area (Å²) >= 11 is 0. The number of likely N-dealkylation sites (tertiary alicyclic amines) is 1. The Labute approximate surface area is 189 Å². The molecule has 2 fully saturated rings. The number of ether oxygens (including phenoxy) is 2. The zero-order valence-electron chi connectivity index (χ0n) is 18.6. The van der Waals surface area contributed by atoms with Crippen molar-refractivity contribution in [3.8, 4) is 11.5 Å². The van der Waals surface area contributed by atoms with E-state index in [4.69, 9.17) is 9.47 Å². The fraction of sp³-hybridized carbons (Fsp3) is 0.500. The highest BCUT2D eigenvalue weighted by Crippen LogP contribution is 2.40. The lowest BCUT2D eigenvalue weighted by molar-refractivity contribution is -0.132. The first kappa shape index (κ1) is 21.3. The van der Waals surface area contributed by atoms with Gasteiger partial charge >= 0.3 is 0 Å². The molecule has 6 nitrogen and oxygen atoms in total. The predicted octanol–water partition coefficient (Wildman–Crippen LogP) is 3.79. The van der Waals surface area contributed by atoms with Crippen LogP contribution < -0.4 is 14.8 Å². The van der Waals surface area contributed by atoms with Crippen LogP contribution in [0.1, 0.15) is 56.2 Å². The van der Waals surface area contributed by atoms with Crippen molar-refractivity contribution < 1.29 is 19.4 Å². The van der Waals surface area contributed by atoms with Crippen molar-refractivity contribution in [2.45, 2.75) is 63.3 Å². The summed E-state index contributed by atoms with van der Waals surface area (Å²) in [5.74, 6) is 1.69. The van der Waals surface area contributed by atoms with E-state index >= 15 is 0 Å². The molecule has 3 aliphatic rings. The van der Waals surface area contributed by atoms with E-state index in [-0.39, 0.29) is 30.7 Å². The van der Waals surface area contributed by atoms with Gasteiger partial charge in [0.2, 0.25) is 12.7 Å². The minimum atomic E-state index is -0.986. The maximum absolute atomic E-state index is 13.1. The highest BCUT2D eigenvalue weighted by Gasteiger charge is 2.46. The molecule has 170 valence electrons. The molecule has 2 aromatic carbocycles. The molecule has 32 heavy (non-hydrogen) atoms. The van der Waals surface area contributed by atoms with Crippen LogP contribution >= 0.6 is 0 Å². The summed E-state index contributed by atoms with van der Waals surface area (Å²) in [5, 5.41) is 14.7. The summed E-state index contributed by atoms with van der Waals surface area (Å²) in [6.07, 6.45) is 4.70. The van der Waals surface area contributed by atoms with Crippen LogP contribution in [0.25, 0.3) is 0 Å². The molecule has 1 aliphatic carbocycles. The number of nitrogens with one attached hydrogen (secondary N) is 1. The average molecular weight is 437 g/mol.